The fourth-order valence-electron chi connectivity index (χ4n) is 8.93. The fourth-order valence-corrected chi connectivity index (χ4v) is 11.0. The highest BCUT2D eigenvalue weighted by Gasteiger charge is 2.55. The van der Waals surface area contributed by atoms with Gasteiger partial charge in [-0.15, -0.1) is 0 Å². The molecule has 0 bridgehead atoms. The van der Waals surface area contributed by atoms with Crippen molar-refractivity contribution >= 4 is 67.9 Å². The van der Waals surface area contributed by atoms with Gasteiger partial charge in [0.2, 0.25) is 0 Å². The maximum atomic E-state index is 6.88. The van der Waals surface area contributed by atoms with Crippen LogP contribution in [-0.4, -0.2) is 29.3 Å². The molecular formula is C50H42B3N3O2Si. The minimum absolute atomic E-state index is 0.193. The molecule has 0 N–H and O–H groups in total. The number of hydrogen-bond donors (Lipinski definition) is 0. The minimum atomic E-state index is -2.41. The molecule has 0 saturated carbocycles. The van der Waals surface area contributed by atoms with Crippen LogP contribution in [-0.2, 0) is 0 Å². The molecule has 9 heteroatoms. The fraction of sp³-hybridized carbons (Fsp3) is 0.0400. The third-order valence-corrected chi connectivity index (χ3v) is 13.9. The molecule has 1 fully saturated rings. The van der Waals surface area contributed by atoms with Crippen LogP contribution in [0.25, 0.3) is 11.1 Å². The standard InChI is InChI=1S/C50H42B3N3O2Si/c1-59(2)49-37-21-34-46(50(49)57-47-35-18-19-36-48(47)58-59)39-22-20-33-45(38-39)56-52(41-25-10-4-11-26-41)54(43-29-14-6-15-30-43)51(40-23-8-3-9-24-40)55(44-31-16-7-17-32-44)53(56)42-27-12-5-13-28-42/h3-38H,1-2H3. The van der Waals surface area contributed by atoms with Crippen LogP contribution in [0.4, 0.5) is 17.1 Å². The predicted molar refractivity (Wildman–Crippen MR) is 252 cm³/mol. The van der Waals surface area contributed by atoms with E-state index in [9.17, 15) is 0 Å². The molecular weight excluding hydrogens is 735 g/mol. The summed E-state index contributed by atoms with van der Waals surface area (Å²) in [6, 6.07) is 78.3. The van der Waals surface area contributed by atoms with Gasteiger partial charge in [-0.3, -0.25) is 0 Å². The molecule has 0 radical (unpaired) electrons. The van der Waals surface area contributed by atoms with Crippen LogP contribution in [0.15, 0.2) is 218 Å². The zero-order valence-electron chi connectivity index (χ0n) is 33.2. The topological polar surface area (TPSA) is 28.2 Å². The first-order valence-corrected chi connectivity index (χ1v) is 23.3. The Morgan fingerprint density at radius 2 is 0.797 bits per heavy atom. The maximum absolute atomic E-state index is 6.88. The maximum Gasteiger partial charge on any atom is 0.388 e. The predicted octanol–water partition coefficient (Wildman–Crippen LogP) is 8.97. The number of benzene rings is 8. The molecule has 0 unspecified atom stereocenters. The van der Waals surface area contributed by atoms with Crippen LogP contribution in [0.1, 0.15) is 0 Å². The molecule has 2 aliphatic heterocycles. The zero-order valence-corrected chi connectivity index (χ0v) is 34.2. The van der Waals surface area contributed by atoms with Gasteiger partial charge in [0.15, 0.2) is 5.75 Å². The second kappa shape index (κ2) is 15.5. The summed E-state index contributed by atoms with van der Waals surface area (Å²) in [5.41, 5.74) is 9.02. The molecule has 0 atom stereocenters. The summed E-state index contributed by atoms with van der Waals surface area (Å²) in [7, 11) is -2.41. The summed E-state index contributed by atoms with van der Waals surface area (Å²) >= 11 is 0. The average Bonchev–Trinajstić information content (AvgIpc) is 3.42. The van der Waals surface area contributed by atoms with Gasteiger partial charge >= 0.3 is 20.9 Å². The number of ether oxygens (including phenoxy) is 1. The smallest absolute Gasteiger partial charge is 0.388 e. The Balaban J connectivity index is 1.25. The molecule has 0 spiro atoms. The lowest BCUT2D eigenvalue weighted by Crippen LogP contribution is -2.86. The van der Waals surface area contributed by atoms with Crippen molar-refractivity contribution in [3.05, 3.63) is 218 Å². The number of hydrogen-bond acceptors (Lipinski definition) is 5. The SMILES string of the molecule is C[Si]1(C)Oc2ccccc2Oc2c(-c3cccc(N4B(c5ccccc5)N(c5ccccc5)B(c5ccccc5)N(c5ccccc5)B4c4ccccc4)c3)cccc21. The van der Waals surface area contributed by atoms with Gasteiger partial charge in [-0.2, -0.15) is 0 Å². The zero-order chi connectivity index (χ0) is 39.8. The highest BCUT2D eigenvalue weighted by atomic mass is 28.4. The second-order valence-corrected chi connectivity index (χ2v) is 19.4. The first-order valence-electron chi connectivity index (χ1n) is 20.3. The van der Waals surface area contributed by atoms with E-state index >= 15 is 0 Å². The Morgan fingerprint density at radius 3 is 1.31 bits per heavy atom. The van der Waals surface area contributed by atoms with E-state index in [0.717, 1.165) is 50.6 Å². The van der Waals surface area contributed by atoms with Crippen molar-refractivity contribution in [3.8, 4) is 28.4 Å². The van der Waals surface area contributed by atoms with Crippen molar-refractivity contribution in [2.24, 2.45) is 0 Å². The van der Waals surface area contributed by atoms with E-state index in [1.807, 2.05) is 24.3 Å². The summed E-state index contributed by atoms with van der Waals surface area (Å²) in [5.74, 6) is 2.40. The van der Waals surface area contributed by atoms with Crippen molar-refractivity contribution in [3.63, 3.8) is 0 Å². The quantitative estimate of drug-likeness (QED) is 0.151. The molecule has 8 aromatic rings. The lowest BCUT2D eigenvalue weighted by Gasteiger charge is -2.57. The van der Waals surface area contributed by atoms with Crippen LogP contribution in [0.5, 0.6) is 17.2 Å². The van der Waals surface area contributed by atoms with Gasteiger partial charge in [-0.25, -0.2) is 0 Å². The van der Waals surface area contributed by atoms with Gasteiger partial charge in [0, 0.05) is 27.8 Å². The molecule has 8 aromatic carbocycles. The van der Waals surface area contributed by atoms with Gasteiger partial charge in [-0.05, 0) is 83.6 Å². The van der Waals surface area contributed by atoms with Crippen molar-refractivity contribution in [1.82, 2.24) is 0 Å². The molecule has 10 rings (SSSR count). The van der Waals surface area contributed by atoms with Crippen LogP contribution in [0, 0.1) is 0 Å². The lowest BCUT2D eigenvalue weighted by atomic mass is 9.37. The van der Waals surface area contributed by atoms with Gasteiger partial charge in [0.1, 0.15) is 11.5 Å². The van der Waals surface area contributed by atoms with Crippen molar-refractivity contribution in [2.75, 3.05) is 14.2 Å². The van der Waals surface area contributed by atoms with E-state index in [2.05, 4.69) is 221 Å². The molecule has 0 aromatic heterocycles. The third-order valence-electron chi connectivity index (χ3n) is 11.5. The Hall–Kier alpha value is -6.83. The van der Waals surface area contributed by atoms with Crippen molar-refractivity contribution in [1.29, 1.82) is 0 Å². The monoisotopic (exact) mass is 777 g/mol. The molecule has 5 nitrogen and oxygen atoms in total. The number of anilines is 3. The van der Waals surface area contributed by atoms with Gasteiger partial charge in [-0.1, -0.05) is 170 Å². The number of fused-ring (bicyclic) bond motifs is 2. The number of para-hydroxylation sites is 5. The third kappa shape index (κ3) is 6.77. The Labute approximate surface area is 349 Å². The summed E-state index contributed by atoms with van der Waals surface area (Å²) in [4.78, 5) is 0. The highest BCUT2D eigenvalue weighted by Crippen LogP contribution is 2.42. The molecule has 1 saturated heterocycles. The van der Waals surface area contributed by atoms with Crippen molar-refractivity contribution in [2.45, 2.75) is 13.1 Å². The average molecular weight is 777 g/mol. The summed E-state index contributed by atoms with van der Waals surface area (Å²) in [5, 5.41) is 1.13. The molecule has 0 amide bonds. The Bertz CT molecular complexity index is 2610. The Morgan fingerprint density at radius 1 is 0.390 bits per heavy atom. The lowest BCUT2D eigenvalue weighted by molar-refractivity contribution is 0.463. The number of rotatable bonds is 7. The van der Waals surface area contributed by atoms with Gasteiger partial charge in [0.25, 0.3) is 8.32 Å². The van der Waals surface area contributed by atoms with E-state index in [1.165, 1.54) is 16.4 Å². The van der Waals surface area contributed by atoms with E-state index in [0.29, 0.717) is 0 Å². The molecule has 59 heavy (non-hydrogen) atoms. The van der Waals surface area contributed by atoms with E-state index in [4.69, 9.17) is 9.16 Å². The van der Waals surface area contributed by atoms with Crippen LogP contribution >= 0.6 is 0 Å². The highest BCUT2D eigenvalue weighted by molar-refractivity contribution is 7.14. The molecule has 282 valence electrons. The van der Waals surface area contributed by atoms with Crippen molar-refractivity contribution < 1.29 is 9.16 Å². The largest absolute Gasteiger partial charge is 0.537 e. The number of nitrogens with zero attached hydrogens (tertiary/aromatic N) is 3. The molecule has 2 aliphatic rings. The first-order chi connectivity index (χ1) is 29.0. The van der Waals surface area contributed by atoms with Gasteiger partial charge < -0.3 is 23.3 Å². The van der Waals surface area contributed by atoms with Gasteiger partial charge in [0.05, 0.1) is 0 Å². The van der Waals surface area contributed by atoms with E-state index in [-0.39, 0.29) is 20.9 Å². The van der Waals surface area contributed by atoms with Crippen LogP contribution in [0.3, 0.4) is 0 Å². The molecule has 2 heterocycles. The van der Waals surface area contributed by atoms with Crippen LogP contribution in [0.2, 0.25) is 13.1 Å². The minimum Gasteiger partial charge on any atom is -0.537 e. The summed E-state index contributed by atoms with van der Waals surface area (Å²) in [6.07, 6.45) is 0. The van der Waals surface area contributed by atoms with E-state index in [1.54, 1.807) is 0 Å². The van der Waals surface area contributed by atoms with Crippen LogP contribution < -0.4 is 44.9 Å². The summed E-state index contributed by atoms with van der Waals surface area (Å²) < 4.78 is 21.5. The Kier molecular flexibility index (Phi) is 9.59. The normalized spacial score (nSPS) is 14.5. The summed E-state index contributed by atoms with van der Waals surface area (Å²) in [6.45, 7) is 3.83. The first kappa shape index (κ1) is 36.5. The van der Waals surface area contributed by atoms with E-state index < -0.39 is 8.32 Å². The molecule has 0 aliphatic carbocycles. The second-order valence-electron chi connectivity index (χ2n) is 15.6.